The van der Waals surface area contributed by atoms with Crippen molar-refractivity contribution < 1.29 is 0 Å². The fourth-order valence-electron chi connectivity index (χ4n) is 9.96. The van der Waals surface area contributed by atoms with E-state index in [0.29, 0.717) is 45.6 Å². The highest BCUT2D eigenvalue weighted by Crippen LogP contribution is 2.73. The molecule has 4 bridgehead atoms. The quantitative estimate of drug-likeness (QED) is 0.236. The van der Waals surface area contributed by atoms with E-state index in [0.717, 1.165) is 22.8 Å². The van der Waals surface area contributed by atoms with Crippen LogP contribution in [-0.2, 0) is 0 Å². The van der Waals surface area contributed by atoms with Crippen LogP contribution in [0.2, 0.25) is 13.1 Å². The molecule has 0 spiro atoms. The molecule has 0 aromatic carbocycles. The Morgan fingerprint density at radius 1 is 0.585 bits per heavy atom. The minimum atomic E-state index is -1.98. The topological polar surface area (TPSA) is 51.6 Å². The highest BCUT2D eigenvalue weighted by atomic mass is 28.3. The molecule has 4 aromatic heterocycles. The summed E-state index contributed by atoms with van der Waals surface area (Å²) >= 11 is 0. The molecular formula is C36H40N4Si. The first-order valence-electron chi connectivity index (χ1n) is 15.4. The van der Waals surface area contributed by atoms with Crippen LogP contribution in [0.1, 0.15) is 85.7 Å². The number of aromatic nitrogens is 4. The van der Waals surface area contributed by atoms with E-state index in [4.69, 9.17) is 9.97 Å². The van der Waals surface area contributed by atoms with Gasteiger partial charge in [0.05, 0.1) is 30.8 Å². The van der Waals surface area contributed by atoms with E-state index in [2.05, 4.69) is 99.5 Å². The summed E-state index contributed by atoms with van der Waals surface area (Å²) in [7, 11) is -1.98. The molecule has 2 fully saturated rings. The molecule has 41 heavy (non-hydrogen) atoms. The van der Waals surface area contributed by atoms with Crippen molar-refractivity contribution in [2.75, 3.05) is 0 Å². The predicted octanol–water partition coefficient (Wildman–Crippen LogP) is 8.54. The molecule has 6 aliphatic carbocycles. The number of nitrogens with zero attached hydrogens (tertiary/aromatic N) is 4. The summed E-state index contributed by atoms with van der Waals surface area (Å²) in [5.74, 6) is 2.64. The standard InChI is InChI=1S/C36H40N4Si/c1-35(2)25-17-27(35)33(21-15-31(39-19-23(21)25)29-11-7-9-13-37-29)41(5,6)34-22-16-32(30-12-8-10-14-38-30)40-20-24(22)26-18-28(34)36(26,3)4/h7-16,19-20,25-28,33-34H,17-18H2,1-6H3/t25-,26-,27+,28+,33+,34+/m0/s1. The van der Waals surface area contributed by atoms with Gasteiger partial charge in [0.2, 0.25) is 0 Å². The van der Waals surface area contributed by atoms with Crippen molar-refractivity contribution in [3.05, 3.63) is 95.6 Å². The van der Waals surface area contributed by atoms with Crippen LogP contribution in [0.15, 0.2) is 73.3 Å². The number of rotatable bonds is 4. The minimum Gasteiger partial charge on any atom is -0.255 e. The van der Waals surface area contributed by atoms with Gasteiger partial charge >= 0.3 is 0 Å². The van der Waals surface area contributed by atoms with Gasteiger partial charge in [-0.05, 0) is 117 Å². The molecular weight excluding hydrogens is 517 g/mol. The zero-order valence-electron chi connectivity index (χ0n) is 25.1. The maximum absolute atomic E-state index is 5.00. The van der Waals surface area contributed by atoms with Gasteiger partial charge < -0.3 is 0 Å². The molecule has 6 atom stereocenters. The second-order valence-corrected chi connectivity index (χ2v) is 19.9. The molecule has 5 heteroatoms. The molecule has 0 N–H and O–H groups in total. The smallest absolute Gasteiger partial charge is 0.0889 e. The molecule has 4 heterocycles. The highest BCUT2D eigenvalue weighted by Gasteiger charge is 2.66. The summed E-state index contributed by atoms with van der Waals surface area (Å²) < 4.78 is 0. The fourth-order valence-corrected chi connectivity index (χ4v) is 15.7. The Labute approximate surface area is 245 Å². The number of hydrogen-bond donors (Lipinski definition) is 0. The third-order valence-corrected chi connectivity index (χ3v) is 16.9. The van der Waals surface area contributed by atoms with Crippen molar-refractivity contribution in [2.45, 2.75) is 76.5 Å². The normalized spacial score (nSPS) is 29.9. The molecule has 0 saturated heterocycles. The van der Waals surface area contributed by atoms with Gasteiger partial charge in [0.15, 0.2) is 0 Å². The second-order valence-electron chi connectivity index (χ2n) is 15.0. The summed E-state index contributed by atoms with van der Waals surface area (Å²) in [5, 5.41) is 0. The molecule has 0 amide bonds. The Kier molecular flexibility index (Phi) is 5.25. The summed E-state index contributed by atoms with van der Waals surface area (Å²) in [4.78, 5) is 19.3. The van der Waals surface area contributed by atoms with Gasteiger partial charge in [0.1, 0.15) is 0 Å². The largest absolute Gasteiger partial charge is 0.255 e. The highest BCUT2D eigenvalue weighted by molar-refractivity contribution is 6.80. The van der Waals surface area contributed by atoms with Gasteiger partial charge in [-0.25, -0.2) is 0 Å². The molecule has 0 aliphatic heterocycles. The van der Waals surface area contributed by atoms with Gasteiger partial charge in [-0.2, -0.15) is 0 Å². The molecule has 0 radical (unpaired) electrons. The number of hydrogen-bond acceptors (Lipinski definition) is 4. The average molecular weight is 557 g/mol. The first kappa shape index (κ1) is 25.5. The van der Waals surface area contributed by atoms with Crippen LogP contribution < -0.4 is 0 Å². The first-order valence-corrected chi connectivity index (χ1v) is 18.6. The Morgan fingerprint density at radius 2 is 1.02 bits per heavy atom. The monoisotopic (exact) mass is 556 g/mol. The Hall–Kier alpha value is -3.18. The van der Waals surface area contributed by atoms with Crippen LogP contribution in [0, 0.1) is 22.7 Å². The summed E-state index contributed by atoms with van der Waals surface area (Å²) in [6.45, 7) is 15.6. The Morgan fingerprint density at radius 3 is 1.39 bits per heavy atom. The maximum atomic E-state index is 5.00. The van der Waals surface area contributed by atoms with E-state index in [1.54, 1.807) is 11.1 Å². The van der Waals surface area contributed by atoms with Gasteiger partial charge in [-0.1, -0.05) is 52.9 Å². The van der Waals surface area contributed by atoms with E-state index in [9.17, 15) is 0 Å². The number of pyridine rings is 4. The second kappa shape index (κ2) is 8.44. The van der Waals surface area contributed by atoms with Gasteiger partial charge in [-0.3, -0.25) is 19.9 Å². The summed E-state index contributed by atoms with van der Waals surface area (Å²) in [6.07, 6.45) is 10.8. The van der Waals surface area contributed by atoms with E-state index >= 15 is 0 Å². The van der Waals surface area contributed by atoms with Crippen molar-refractivity contribution >= 4 is 8.07 Å². The third-order valence-electron chi connectivity index (χ3n) is 12.3. The van der Waals surface area contributed by atoms with E-state index in [-0.39, 0.29) is 0 Å². The van der Waals surface area contributed by atoms with Crippen molar-refractivity contribution in [1.29, 1.82) is 0 Å². The molecule has 4 nitrogen and oxygen atoms in total. The van der Waals surface area contributed by atoms with Crippen molar-refractivity contribution in [3.8, 4) is 22.8 Å². The first-order chi connectivity index (χ1) is 19.6. The van der Waals surface area contributed by atoms with Crippen LogP contribution in [-0.4, -0.2) is 28.0 Å². The molecule has 4 aromatic rings. The molecule has 6 aliphatic rings. The third kappa shape index (κ3) is 3.39. The lowest BCUT2D eigenvalue weighted by atomic mass is 9.47. The minimum absolute atomic E-state index is 0.308. The summed E-state index contributed by atoms with van der Waals surface area (Å²) in [6, 6.07) is 17.2. The molecule has 2 saturated carbocycles. The lowest BCUT2D eigenvalue weighted by Crippen LogP contribution is -2.63. The van der Waals surface area contributed by atoms with Crippen LogP contribution in [0.4, 0.5) is 0 Å². The van der Waals surface area contributed by atoms with Gasteiger partial charge in [-0.15, -0.1) is 0 Å². The van der Waals surface area contributed by atoms with E-state index in [1.807, 2.05) is 24.5 Å². The van der Waals surface area contributed by atoms with Gasteiger partial charge in [0, 0.05) is 24.8 Å². The predicted molar refractivity (Wildman–Crippen MR) is 167 cm³/mol. The van der Waals surface area contributed by atoms with Crippen LogP contribution in [0.3, 0.4) is 0 Å². The zero-order valence-corrected chi connectivity index (χ0v) is 26.1. The molecule has 10 rings (SSSR count). The maximum Gasteiger partial charge on any atom is 0.0889 e. The Balaban J connectivity index is 1.30. The van der Waals surface area contributed by atoms with Crippen LogP contribution in [0.25, 0.3) is 22.8 Å². The Bertz CT molecular complexity index is 1540. The van der Waals surface area contributed by atoms with Crippen molar-refractivity contribution in [2.24, 2.45) is 22.7 Å². The average Bonchev–Trinajstić information content (AvgIpc) is 2.99. The van der Waals surface area contributed by atoms with Crippen LogP contribution >= 0.6 is 0 Å². The van der Waals surface area contributed by atoms with Gasteiger partial charge in [0.25, 0.3) is 0 Å². The van der Waals surface area contributed by atoms with E-state index < -0.39 is 8.07 Å². The lowest BCUT2D eigenvalue weighted by Gasteiger charge is -2.68. The fraction of sp³-hybridized carbons (Fsp3) is 0.444. The van der Waals surface area contributed by atoms with Crippen molar-refractivity contribution in [1.82, 2.24) is 19.9 Å². The van der Waals surface area contributed by atoms with Crippen molar-refractivity contribution in [3.63, 3.8) is 0 Å². The SMILES string of the molecule is CC1(C)[C@@H]2C[C@H]1c1cnc(-c3ccccn3)cc1[C@H]2[Si](C)(C)[C@@H]1c2cc(-c3ccccn3)ncc2[C@@H]2C[C@H]1C2(C)C. The van der Waals surface area contributed by atoms with Crippen LogP contribution in [0.5, 0.6) is 0 Å². The zero-order chi connectivity index (χ0) is 28.3. The summed E-state index contributed by atoms with van der Waals surface area (Å²) in [5.41, 5.74) is 12.0. The van der Waals surface area contributed by atoms with E-state index in [1.165, 1.54) is 24.0 Å². The molecule has 208 valence electrons. The molecule has 0 unspecified atom stereocenters. The lowest BCUT2D eigenvalue weighted by molar-refractivity contribution is -0.00109.